The molecule has 0 fully saturated rings. The summed E-state index contributed by atoms with van der Waals surface area (Å²) in [6, 6.07) is 0. The average molecular weight is 386 g/mol. The van der Waals surface area contributed by atoms with E-state index in [1.165, 1.54) is 0 Å². The summed E-state index contributed by atoms with van der Waals surface area (Å²) in [7, 11) is -5.05. The predicted molar refractivity (Wildman–Crippen MR) is 65.4 cm³/mol. The van der Waals surface area contributed by atoms with Crippen molar-refractivity contribution in [2.45, 2.75) is 0 Å². The van der Waals surface area contributed by atoms with Crippen LogP contribution in [0, 0.1) is 0 Å². The van der Waals surface area contributed by atoms with Gasteiger partial charge in [0.15, 0.2) is 5.75 Å². The molecule has 0 saturated heterocycles. The van der Waals surface area contributed by atoms with E-state index in [1.807, 2.05) is 0 Å². The van der Waals surface area contributed by atoms with Crippen molar-refractivity contribution in [2.75, 3.05) is 0 Å². The van der Waals surface area contributed by atoms with Gasteiger partial charge in [0, 0.05) is 0 Å². The zero-order valence-corrected chi connectivity index (χ0v) is 15.0. The summed E-state index contributed by atoms with van der Waals surface area (Å²) in [6.07, 6.45) is 0. The second-order valence-corrected chi connectivity index (χ2v) is 5.26. The fourth-order valence-electron chi connectivity index (χ4n) is 0.760. The average Bonchev–Trinajstić information content (AvgIpc) is 2.17. The Morgan fingerprint density at radius 3 is 1.39 bits per heavy atom. The van der Waals surface area contributed by atoms with E-state index in [9.17, 15) is 13.0 Å². The van der Waals surface area contributed by atoms with E-state index in [0.717, 1.165) is 0 Å². The molecule has 0 saturated carbocycles. The molecule has 0 aliphatic heterocycles. The van der Waals surface area contributed by atoms with Gasteiger partial charge in [0.2, 0.25) is 0 Å². The second-order valence-electron chi connectivity index (χ2n) is 2.39. The third-order valence-corrected chi connectivity index (χ3v) is 3.97. The van der Waals surface area contributed by atoms with Gasteiger partial charge >= 0.3 is 29.6 Å². The quantitative estimate of drug-likeness (QED) is 0.234. The van der Waals surface area contributed by atoms with Gasteiger partial charge in [-0.2, -0.15) is 0 Å². The van der Waals surface area contributed by atoms with Crippen LogP contribution in [-0.4, -0.2) is 18.4 Å². The summed E-state index contributed by atoms with van der Waals surface area (Å²) < 4.78 is 35.2. The third kappa shape index (κ3) is 5.03. The molecule has 0 unspecified atom stereocenters. The molecule has 1 aromatic carbocycles. The van der Waals surface area contributed by atoms with Crippen LogP contribution in [0.4, 0.5) is 0 Å². The molecule has 0 heterocycles. The van der Waals surface area contributed by atoms with Crippen LogP contribution < -0.4 is 33.7 Å². The number of rotatable bonds is 2. The van der Waals surface area contributed by atoms with E-state index in [-0.39, 0.29) is 50.1 Å². The summed E-state index contributed by atoms with van der Waals surface area (Å²) >= 11 is 28.0. The van der Waals surface area contributed by atoms with Gasteiger partial charge < -0.3 is 14.2 Å². The zero-order valence-electron chi connectivity index (χ0n) is 8.43. The van der Waals surface area contributed by atoms with Crippen LogP contribution >= 0.6 is 58.0 Å². The van der Waals surface area contributed by atoms with Gasteiger partial charge in [-0.15, -0.1) is 0 Å². The molecule has 5 nitrogen and oxygen atoms in total. The van der Waals surface area contributed by atoms with Gasteiger partial charge in [0.1, 0.15) is 10.0 Å². The number of hydrogen-bond acceptors (Lipinski definition) is 4. The van der Waals surface area contributed by atoms with Gasteiger partial charge in [0.05, 0.1) is 15.1 Å². The molecule has 2 N–H and O–H groups in total. The molecule has 12 heteroatoms. The molecule has 0 aliphatic carbocycles. The Balaban J connectivity index is 0. The Morgan fingerprint density at radius 1 is 0.833 bits per heavy atom. The van der Waals surface area contributed by atoms with Gasteiger partial charge in [-0.1, -0.05) is 58.0 Å². The van der Waals surface area contributed by atoms with Crippen molar-refractivity contribution in [1.29, 1.82) is 0 Å². The maximum atomic E-state index is 10.4. The van der Waals surface area contributed by atoms with Crippen molar-refractivity contribution in [2.24, 2.45) is 0 Å². The standard InChI is InChI=1S/C6HCl5O4S.Na.H2O/c7-1-2(8)4(10)6(5(11)3(1)9)15-16(12,13)14;;/h(H,12,13,14);;1H2/q;+1;/p-1. The van der Waals surface area contributed by atoms with Gasteiger partial charge in [0.25, 0.3) is 10.4 Å². The Hall–Kier alpha value is 1.34. The first-order chi connectivity index (χ1) is 7.15. The molecule has 0 bridgehead atoms. The van der Waals surface area contributed by atoms with E-state index in [1.54, 1.807) is 0 Å². The van der Waals surface area contributed by atoms with Crippen LogP contribution in [0.15, 0.2) is 0 Å². The summed E-state index contributed by atoms with van der Waals surface area (Å²) in [5.41, 5.74) is 0. The molecule has 18 heavy (non-hydrogen) atoms. The Kier molecular flexibility index (Phi) is 9.55. The van der Waals surface area contributed by atoms with E-state index in [2.05, 4.69) is 4.18 Å². The fraction of sp³-hybridized carbons (Fsp3) is 0. The van der Waals surface area contributed by atoms with E-state index < -0.39 is 26.2 Å². The van der Waals surface area contributed by atoms with Crippen LogP contribution in [0.1, 0.15) is 0 Å². The molecule has 0 amide bonds. The number of halogens is 5. The van der Waals surface area contributed by atoms with E-state index >= 15 is 0 Å². The van der Waals surface area contributed by atoms with Crippen LogP contribution in [-0.2, 0) is 10.4 Å². The molecule has 1 aromatic rings. The van der Waals surface area contributed by atoms with Crippen molar-refractivity contribution in [3.8, 4) is 5.75 Å². The van der Waals surface area contributed by atoms with E-state index in [0.29, 0.717) is 0 Å². The smallest absolute Gasteiger partial charge is 0.716 e. The van der Waals surface area contributed by atoms with Crippen molar-refractivity contribution < 1.29 is 52.2 Å². The number of hydrogen-bond donors (Lipinski definition) is 0. The van der Waals surface area contributed by atoms with Gasteiger partial charge in [-0.3, -0.25) is 0 Å². The second kappa shape index (κ2) is 7.95. The Morgan fingerprint density at radius 2 is 1.11 bits per heavy atom. The SMILES string of the molecule is O.O=S(=O)([O-])Oc1c(Cl)c(Cl)c(Cl)c(Cl)c1Cl.[Na+]. The molecular formula is C6H2Cl5NaO5S. The third-order valence-electron chi connectivity index (χ3n) is 1.35. The summed E-state index contributed by atoms with van der Waals surface area (Å²) in [5, 5.41) is -1.54. The molecule has 0 aliphatic rings. The Bertz CT molecular complexity index is 519. The number of benzene rings is 1. The summed E-state index contributed by atoms with van der Waals surface area (Å²) in [4.78, 5) is 0. The van der Waals surface area contributed by atoms with Crippen LogP contribution in [0.5, 0.6) is 5.75 Å². The van der Waals surface area contributed by atoms with Crippen LogP contribution in [0.2, 0.25) is 25.1 Å². The molecule has 0 spiro atoms. The molecule has 98 valence electrons. The molecule has 0 radical (unpaired) electrons. The first-order valence-electron chi connectivity index (χ1n) is 3.32. The van der Waals surface area contributed by atoms with E-state index in [4.69, 9.17) is 58.0 Å². The maximum absolute atomic E-state index is 10.4. The first kappa shape index (κ1) is 21.6. The monoisotopic (exact) mass is 384 g/mol. The largest absolute Gasteiger partial charge is 1.00 e. The van der Waals surface area contributed by atoms with Crippen LogP contribution in [0.3, 0.4) is 0 Å². The maximum Gasteiger partial charge on any atom is 1.00 e. The summed E-state index contributed by atoms with van der Waals surface area (Å²) in [5.74, 6) is -0.655. The zero-order chi connectivity index (χ0) is 12.7. The molecular weight excluding hydrogens is 384 g/mol. The van der Waals surface area contributed by atoms with Crippen molar-refractivity contribution >= 4 is 68.4 Å². The fourth-order valence-corrected chi connectivity index (χ4v) is 2.42. The van der Waals surface area contributed by atoms with Gasteiger partial charge in [-0.25, -0.2) is 8.42 Å². The minimum Gasteiger partial charge on any atom is -0.716 e. The van der Waals surface area contributed by atoms with Gasteiger partial charge in [-0.05, 0) is 0 Å². The Labute approximate surface area is 150 Å². The van der Waals surface area contributed by atoms with Crippen LogP contribution in [0.25, 0.3) is 0 Å². The predicted octanol–water partition coefficient (Wildman–Crippen LogP) is -0.0281. The minimum atomic E-state index is -5.05. The van der Waals surface area contributed by atoms with Crippen molar-refractivity contribution in [3.63, 3.8) is 0 Å². The van der Waals surface area contributed by atoms with Crippen molar-refractivity contribution in [3.05, 3.63) is 25.1 Å². The first-order valence-corrected chi connectivity index (χ1v) is 6.54. The summed E-state index contributed by atoms with van der Waals surface area (Å²) in [6.45, 7) is 0. The normalized spacial score (nSPS) is 10.3. The topological polar surface area (TPSA) is 97.9 Å². The molecule has 0 aromatic heterocycles. The van der Waals surface area contributed by atoms with Crippen molar-refractivity contribution in [1.82, 2.24) is 0 Å². The minimum absolute atomic E-state index is 0. The molecule has 1 rings (SSSR count). The molecule has 0 atom stereocenters.